The molecule has 6 atom stereocenters. The molecule has 0 bridgehead atoms. The van der Waals surface area contributed by atoms with Crippen LogP contribution >= 0.6 is 0 Å². The van der Waals surface area contributed by atoms with Crippen LogP contribution in [-0.2, 0) is 4.79 Å². The molecule has 0 aromatic carbocycles. The molecule has 2 saturated carbocycles. The number of ketones is 1. The van der Waals surface area contributed by atoms with Gasteiger partial charge in [-0.05, 0) is 74.2 Å². The van der Waals surface area contributed by atoms with E-state index in [0.29, 0.717) is 17.6 Å². The maximum atomic E-state index is 11.6. The van der Waals surface area contributed by atoms with Gasteiger partial charge in [0.15, 0.2) is 5.78 Å². The van der Waals surface area contributed by atoms with Gasteiger partial charge in [0.05, 0.1) is 6.10 Å². The first-order valence-corrected chi connectivity index (χ1v) is 10.3. The van der Waals surface area contributed by atoms with E-state index in [1.54, 1.807) is 0 Å². The standard InChI is InChI=1S/C18H28O2.2C2H6/c1-11-15-6-4-13-10-14(20)5-7-16(13)17(15)8-9-18(11,3)12(2)19;2*1-2/h10-12,15-17,19H,4-9H2,1-3H3;2*1-2H3/t11?,12?,15?,16?,17?,18-;;/m1../s1. The van der Waals surface area contributed by atoms with Gasteiger partial charge in [0, 0.05) is 6.42 Å². The van der Waals surface area contributed by atoms with E-state index >= 15 is 0 Å². The van der Waals surface area contributed by atoms with Gasteiger partial charge < -0.3 is 5.11 Å². The Bertz CT molecular complexity index is 437. The molecule has 0 saturated heterocycles. The fourth-order valence-electron chi connectivity index (χ4n) is 5.28. The summed E-state index contributed by atoms with van der Waals surface area (Å²) in [5.74, 6) is 3.07. The first kappa shape index (κ1) is 21.4. The predicted octanol–water partition coefficient (Wildman–Crippen LogP) is 5.79. The molecule has 0 radical (unpaired) electrons. The number of aliphatic hydroxyl groups excluding tert-OH is 1. The Labute approximate surface area is 150 Å². The third kappa shape index (κ3) is 3.95. The zero-order valence-corrected chi connectivity index (χ0v) is 17.1. The largest absolute Gasteiger partial charge is 0.393 e. The van der Waals surface area contributed by atoms with Crippen LogP contribution in [0.5, 0.6) is 0 Å². The summed E-state index contributed by atoms with van der Waals surface area (Å²) in [7, 11) is 0. The lowest BCUT2D eigenvalue weighted by Crippen LogP contribution is -2.49. The summed E-state index contributed by atoms with van der Waals surface area (Å²) >= 11 is 0. The molecule has 5 unspecified atom stereocenters. The number of hydrogen-bond donors (Lipinski definition) is 1. The molecule has 140 valence electrons. The lowest BCUT2D eigenvalue weighted by Gasteiger charge is -2.54. The summed E-state index contributed by atoms with van der Waals surface area (Å²) in [6, 6.07) is 0. The van der Waals surface area contributed by atoms with Crippen molar-refractivity contribution in [2.24, 2.45) is 29.1 Å². The molecule has 3 rings (SSSR count). The maximum absolute atomic E-state index is 11.6. The highest BCUT2D eigenvalue weighted by Gasteiger charge is 2.50. The molecule has 0 amide bonds. The minimum atomic E-state index is -0.219. The molecule has 0 heterocycles. The van der Waals surface area contributed by atoms with Crippen LogP contribution in [0.25, 0.3) is 0 Å². The number of carbonyl (C=O) groups excluding carboxylic acids is 1. The van der Waals surface area contributed by atoms with Crippen molar-refractivity contribution >= 4 is 5.78 Å². The van der Waals surface area contributed by atoms with Gasteiger partial charge in [-0.3, -0.25) is 4.79 Å². The number of rotatable bonds is 1. The third-order valence-electron chi connectivity index (χ3n) is 7.01. The summed E-state index contributed by atoms with van der Waals surface area (Å²) in [4.78, 5) is 11.6. The molecule has 24 heavy (non-hydrogen) atoms. The Balaban J connectivity index is 0.000000671. The molecule has 2 fully saturated rings. The highest BCUT2D eigenvalue weighted by molar-refractivity contribution is 5.91. The Hall–Kier alpha value is -0.630. The quantitative estimate of drug-likeness (QED) is 0.658. The predicted molar refractivity (Wildman–Crippen MR) is 103 cm³/mol. The minimum Gasteiger partial charge on any atom is -0.393 e. The van der Waals surface area contributed by atoms with E-state index in [9.17, 15) is 9.90 Å². The number of carbonyl (C=O) groups is 1. The summed E-state index contributed by atoms with van der Waals surface area (Å²) in [6.07, 6.45) is 8.24. The Kier molecular flexibility index (Phi) is 8.19. The van der Waals surface area contributed by atoms with Gasteiger partial charge in [-0.2, -0.15) is 0 Å². The Morgan fingerprint density at radius 2 is 1.71 bits per heavy atom. The van der Waals surface area contributed by atoms with Gasteiger partial charge in [0.2, 0.25) is 0 Å². The molecular weight excluding hydrogens is 296 g/mol. The summed E-state index contributed by atoms with van der Waals surface area (Å²) in [6.45, 7) is 14.6. The second kappa shape index (κ2) is 9.17. The van der Waals surface area contributed by atoms with Crippen molar-refractivity contribution in [3.05, 3.63) is 11.6 Å². The number of fused-ring (bicyclic) bond motifs is 3. The fraction of sp³-hybridized carbons (Fsp3) is 0.864. The normalized spacial score (nSPS) is 39.0. The molecule has 0 spiro atoms. The van der Waals surface area contributed by atoms with E-state index in [1.165, 1.54) is 18.4 Å². The molecular formula is C22H40O2. The van der Waals surface area contributed by atoms with Crippen LogP contribution in [0.15, 0.2) is 11.6 Å². The van der Waals surface area contributed by atoms with Crippen molar-refractivity contribution in [1.82, 2.24) is 0 Å². The second-order valence-electron chi connectivity index (χ2n) is 7.71. The zero-order valence-electron chi connectivity index (χ0n) is 17.1. The summed E-state index contributed by atoms with van der Waals surface area (Å²) in [5.41, 5.74) is 1.52. The maximum Gasteiger partial charge on any atom is 0.155 e. The Morgan fingerprint density at radius 3 is 2.29 bits per heavy atom. The van der Waals surface area contributed by atoms with Gasteiger partial charge in [-0.1, -0.05) is 47.1 Å². The van der Waals surface area contributed by atoms with Crippen LogP contribution in [0.3, 0.4) is 0 Å². The highest BCUT2D eigenvalue weighted by atomic mass is 16.3. The van der Waals surface area contributed by atoms with Crippen molar-refractivity contribution in [3.63, 3.8) is 0 Å². The van der Waals surface area contributed by atoms with Crippen molar-refractivity contribution in [2.45, 2.75) is 93.1 Å². The van der Waals surface area contributed by atoms with E-state index in [-0.39, 0.29) is 11.5 Å². The highest BCUT2D eigenvalue weighted by Crippen LogP contribution is 2.57. The van der Waals surface area contributed by atoms with E-state index in [0.717, 1.165) is 37.5 Å². The van der Waals surface area contributed by atoms with Crippen molar-refractivity contribution in [1.29, 1.82) is 0 Å². The topological polar surface area (TPSA) is 37.3 Å². The van der Waals surface area contributed by atoms with Gasteiger partial charge in [-0.15, -0.1) is 0 Å². The van der Waals surface area contributed by atoms with E-state index < -0.39 is 0 Å². The van der Waals surface area contributed by atoms with Crippen molar-refractivity contribution in [2.75, 3.05) is 0 Å². The van der Waals surface area contributed by atoms with E-state index in [1.807, 2.05) is 40.7 Å². The van der Waals surface area contributed by atoms with E-state index in [2.05, 4.69) is 13.8 Å². The van der Waals surface area contributed by atoms with Gasteiger partial charge in [-0.25, -0.2) is 0 Å². The lowest BCUT2D eigenvalue weighted by molar-refractivity contribution is -0.116. The van der Waals surface area contributed by atoms with Crippen molar-refractivity contribution < 1.29 is 9.90 Å². The molecule has 2 nitrogen and oxygen atoms in total. The minimum absolute atomic E-state index is 0.0763. The van der Waals surface area contributed by atoms with Crippen LogP contribution in [0.2, 0.25) is 0 Å². The molecule has 0 aromatic heterocycles. The number of aliphatic hydroxyl groups is 1. The first-order chi connectivity index (χ1) is 11.4. The summed E-state index contributed by atoms with van der Waals surface area (Å²) < 4.78 is 0. The molecule has 0 aromatic rings. The second-order valence-corrected chi connectivity index (χ2v) is 7.71. The molecule has 3 aliphatic rings. The smallest absolute Gasteiger partial charge is 0.155 e. The van der Waals surface area contributed by atoms with Crippen LogP contribution in [0.1, 0.15) is 87.0 Å². The first-order valence-electron chi connectivity index (χ1n) is 10.3. The van der Waals surface area contributed by atoms with E-state index in [4.69, 9.17) is 0 Å². The lowest BCUT2D eigenvalue weighted by atomic mass is 9.51. The average molecular weight is 337 g/mol. The van der Waals surface area contributed by atoms with Crippen LogP contribution in [-0.4, -0.2) is 17.0 Å². The van der Waals surface area contributed by atoms with Gasteiger partial charge >= 0.3 is 0 Å². The van der Waals surface area contributed by atoms with Crippen molar-refractivity contribution in [3.8, 4) is 0 Å². The molecule has 1 N–H and O–H groups in total. The number of hydrogen-bond acceptors (Lipinski definition) is 2. The van der Waals surface area contributed by atoms with Gasteiger partial charge in [0.25, 0.3) is 0 Å². The van der Waals surface area contributed by atoms with Crippen LogP contribution < -0.4 is 0 Å². The monoisotopic (exact) mass is 336 g/mol. The third-order valence-corrected chi connectivity index (χ3v) is 7.01. The fourth-order valence-corrected chi connectivity index (χ4v) is 5.28. The van der Waals surface area contributed by atoms with Crippen LogP contribution in [0.4, 0.5) is 0 Å². The molecule has 2 heteroatoms. The average Bonchev–Trinajstić information content (AvgIpc) is 2.61. The number of allylic oxidation sites excluding steroid dienone is 2. The molecule has 3 aliphatic carbocycles. The Morgan fingerprint density at radius 1 is 1.08 bits per heavy atom. The SMILES string of the molecule is CC.CC.CC(O)[C@]1(C)CCC2C3CCC(=O)C=C3CCC2C1C. The zero-order chi connectivity index (χ0) is 18.5. The molecule has 0 aliphatic heterocycles. The van der Waals surface area contributed by atoms with Crippen LogP contribution in [0, 0.1) is 29.1 Å². The van der Waals surface area contributed by atoms with Gasteiger partial charge in [0.1, 0.15) is 0 Å². The summed E-state index contributed by atoms with van der Waals surface area (Å²) in [5, 5.41) is 10.2.